The molecule has 0 aliphatic carbocycles. The van der Waals surface area contributed by atoms with Crippen LogP contribution in [-0.2, 0) is 0 Å². The third-order valence-electron chi connectivity index (χ3n) is 4.11. The van der Waals surface area contributed by atoms with E-state index in [0.717, 1.165) is 25.7 Å². The maximum absolute atomic E-state index is 10.2. The van der Waals surface area contributed by atoms with Gasteiger partial charge in [0, 0.05) is 13.2 Å². The average Bonchev–Trinajstić information content (AvgIpc) is 2.78. The SMILES string of the molecule is O=C(O)c1ccccc1.O=C(O)c1ccccc1.OCCCCCCCCCCO. The van der Waals surface area contributed by atoms with Gasteiger partial charge in [-0.2, -0.15) is 0 Å². The van der Waals surface area contributed by atoms with Crippen LogP contribution in [0.25, 0.3) is 0 Å². The number of benzene rings is 2. The number of carboxylic acids is 2. The van der Waals surface area contributed by atoms with Crippen LogP contribution in [0.3, 0.4) is 0 Å². The molecule has 166 valence electrons. The van der Waals surface area contributed by atoms with Crippen molar-refractivity contribution >= 4 is 11.9 Å². The van der Waals surface area contributed by atoms with Crippen molar-refractivity contribution in [3.05, 3.63) is 71.8 Å². The highest BCUT2D eigenvalue weighted by atomic mass is 16.4. The lowest BCUT2D eigenvalue weighted by Crippen LogP contribution is -1.93. The zero-order valence-corrected chi connectivity index (χ0v) is 17.4. The Morgan fingerprint density at radius 1 is 0.500 bits per heavy atom. The van der Waals surface area contributed by atoms with Gasteiger partial charge >= 0.3 is 11.9 Å². The fourth-order valence-corrected chi connectivity index (χ4v) is 2.45. The van der Waals surface area contributed by atoms with Crippen molar-refractivity contribution < 1.29 is 30.0 Å². The second-order valence-electron chi connectivity index (χ2n) is 6.62. The predicted molar refractivity (Wildman–Crippen MR) is 118 cm³/mol. The minimum atomic E-state index is -0.879. The maximum atomic E-state index is 10.2. The third-order valence-corrected chi connectivity index (χ3v) is 4.11. The van der Waals surface area contributed by atoms with E-state index in [1.54, 1.807) is 60.7 Å². The zero-order chi connectivity index (χ0) is 22.5. The highest BCUT2D eigenvalue weighted by molar-refractivity contribution is 5.87. The molecule has 0 aromatic heterocycles. The fraction of sp³-hybridized carbons (Fsp3) is 0.417. The summed E-state index contributed by atoms with van der Waals surface area (Å²) >= 11 is 0. The van der Waals surface area contributed by atoms with E-state index in [-0.39, 0.29) is 0 Å². The molecule has 0 aliphatic heterocycles. The number of carbonyl (C=O) groups is 2. The Morgan fingerprint density at radius 3 is 0.967 bits per heavy atom. The van der Waals surface area contributed by atoms with E-state index in [4.69, 9.17) is 20.4 Å². The van der Waals surface area contributed by atoms with E-state index in [1.807, 2.05) is 0 Å². The Labute approximate surface area is 178 Å². The standard InChI is InChI=1S/C10H22O2.2C7H6O2/c11-9-7-5-3-1-2-4-6-8-10-12;2*8-7(9)6-4-2-1-3-5-6/h11-12H,1-10H2;2*1-5H,(H,8,9). The molecule has 2 aromatic carbocycles. The van der Waals surface area contributed by atoms with Crippen molar-refractivity contribution in [2.75, 3.05) is 13.2 Å². The number of rotatable bonds is 11. The number of carboxylic acid groups (broad SMARTS) is 2. The first-order valence-corrected chi connectivity index (χ1v) is 10.3. The lowest BCUT2D eigenvalue weighted by atomic mass is 10.1. The van der Waals surface area contributed by atoms with E-state index in [9.17, 15) is 9.59 Å². The normalized spacial score (nSPS) is 9.53. The van der Waals surface area contributed by atoms with E-state index in [2.05, 4.69) is 0 Å². The van der Waals surface area contributed by atoms with Gasteiger partial charge in [0.05, 0.1) is 11.1 Å². The minimum Gasteiger partial charge on any atom is -0.478 e. The van der Waals surface area contributed by atoms with Gasteiger partial charge in [-0.05, 0) is 37.1 Å². The number of aliphatic hydroxyl groups excluding tert-OH is 2. The Hall–Kier alpha value is -2.70. The Balaban J connectivity index is 0.000000426. The van der Waals surface area contributed by atoms with Crippen molar-refractivity contribution in [3.63, 3.8) is 0 Å². The van der Waals surface area contributed by atoms with Crippen LogP contribution in [0.2, 0.25) is 0 Å². The molecule has 0 saturated carbocycles. The number of aliphatic hydroxyl groups is 2. The first-order chi connectivity index (χ1) is 14.5. The van der Waals surface area contributed by atoms with Gasteiger partial charge in [-0.25, -0.2) is 9.59 Å². The minimum absolute atomic E-state index is 0.331. The lowest BCUT2D eigenvalue weighted by Gasteiger charge is -1.99. The van der Waals surface area contributed by atoms with E-state index < -0.39 is 11.9 Å². The van der Waals surface area contributed by atoms with Crippen LogP contribution in [0.1, 0.15) is 72.1 Å². The summed E-state index contributed by atoms with van der Waals surface area (Å²) in [5.41, 5.74) is 0.662. The molecule has 2 aromatic rings. The molecule has 4 N–H and O–H groups in total. The summed E-state index contributed by atoms with van der Waals surface area (Å²) in [7, 11) is 0. The van der Waals surface area contributed by atoms with Crippen LogP contribution in [0.4, 0.5) is 0 Å². The van der Waals surface area contributed by atoms with Gasteiger partial charge in [0.1, 0.15) is 0 Å². The van der Waals surface area contributed by atoms with Gasteiger partial charge in [-0.3, -0.25) is 0 Å². The fourth-order valence-electron chi connectivity index (χ4n) is 2.45. The molecule has 0 radical (unpaired) electrons. The largest absolute Gasteiger partial charge is 0.478 e. The van der Waals surface area contributed by atoms with Gasteiger partial charge in [-0.1, -0.05) is 74.9 Å². The van der Waals surface area contributed by atoms with Crippen LogP contribution in [0.5, 0.6) is 0 Å². The Bertz CT molecular complexity index is 598. The second-order valence-corrected chi connectivity index (χ2v) is 6.62. The summed E-state index contributed by atoms with van der Waals surface area (Å²) in [6.45, 7) is 0.676. The van der Waals surface area contributed by atoms with Crippen molar-refractivity contribution in [2.45, 2.75) is 51.4 Å². The van der Waals surface area contributed by atoms with Crippen molar-refractivity contribution in [1.82, 2.24) is 0 Å². The summed E-state index contributed by atoms with van der Waals surface area (Å²) in [4.78, 5) is 20.4. The van der Waals surface area contributed by atoms with Crippen LogP contribution in [0, 0.1) is 0 Å². The highest BCUT2D eigenvalue weighted by Gasteiger charge is 1.97. The molecule has 0 spiro atoms. The number of hydrogen-bond donors (Lipinski definition) is 4. The summed E-state index contributed by atoms with van der Waals surface area (Å²) in [5.74, 6) is -1.76. The van der Waals surface area contributed by atoms with Gasteiger partial charge in [0.15, 0.2) is 0 Å². The summed E-state index contributed by atoms with van der Waals surface area (Å²) in [6, 6.07) is 16.6. The molecule has 6 nitrogen and oxygen atoms in total. The van der Waals surface area contributed by atoms with Gasteiger partial charge < -0.3 is 20.4 Å². The molecule has 0 saturated heterocycles. The third kappa shape index (κ3) is 16.3. The van der Waals surface area contributed by atoms with Crippen LogP contribution >= 0.6 is 0 Å². The Morgan fingerprint density at radius 2 is 0.767 bits per heavy atom. The first kappa shape index (κ1) is 27.3. The average molecular weight is 419 g/mol. The van der Waals surface area contributed by atoms with E-state index >= 15 is 0 Å². The van der Waals surface area contributed by atoms with Crippen molar-refractivity contribution in [2.24, 2.45) is 0 Å². The number of hydrogen-bond acceptors (Lipinski definition) is 4. The van der Waals surface area contributed by atoms with Gasteiger partial charge in [-0.15, -0.1) is 0 Å². The van der Waals surface area contributed by atoms with Gasteiger partial charge in [0.2, 0.25) is 0 Å². The molecule has 0 unspecified atom stereocenters. The predicted octanol–water partition coefficient (Wildman–Crippen LogP) is 4.86. The molecule has 0 atom stereocenters. The summed E-state index contributed by atoms with van der Waals surface area (Å²) < 4.78 is 0. The maximum Gasteiger partial charge on any atom is 0.335 e. The molecule has 6 heteroatoms. The zero-order valence-electron chi connectivity index (χ0n) is 17.4. The smallest absolute Gasteiger partial charge is 0.335 e. The van der Waals surface area contributed by atoms with Crippen molar-refractivity contribution in [1.29, 1.82) is 0 Å². The number of aromatic carboxylic acids is 2. The molecule has 0 fully saturated rings. The topological polar surface area (TPSA) is 115 Å². The molecule has 0 aliphatic rings. The number of unbranched alkanes of at least 4 members (excludes halogenated alkanes) is 7. The quantitative estimate of drug-likeness (QED) is 0.387. The molecular weight excluding hydrogens is 384 g/mol. The van der Waals surface area contributed by atoms with Crippen LogP contribution < -0.4 is 0 Å². The van der Waals surface area contributed by atoms with E-state index in [0.29, 0.717) is 24.3 Å². The van der Waals surface area contributed by atoms with Crippen LogP contribution in [0.15, 0.2) is 60.7 Å². The summed E-state index contributed by atoms with van der Waals surface area (Å²) in [5, 5.41) is 33.8. The first-order valence-electron chi connectivity index (χ1n) is 10.3. The van der Waals surface area contributed by atoms with Crippen LogP contribution in [-0.4, -0.2) is 45.6 Å². The molecule has 0 bridgehead atoms. The van der Waals surface area contributed by atoms with Gasteiger partial charge in [0.25, 0.3) is 0 Å². The molecule has 2 rings (SSSR count). The molecule has 0 heterocycles. The molecule has 0 amide bonds. The van der Waals surface area contributed by atoms with E-state index in [1.165, 1.54) is 25.7 Å². The second kappa shape index (κ2) is 19.6. The lowest BCUT2D eigenvalue weighted by molar-refractivity contribution is 0.0686. The highest BCUT2D eigenvalue weighted by Crippen LogP contribution is 2.07. The molecular formula is C24H34O6. The Kier molecular flexibility index (Phi) is 17.8. The van der Waals surface area contributed by atoms with Crippen molar-refractivity contribution in [3.8, 4) is 0 Å². The molecule has 30 heavy (non-hydrogen) atoms. The monoisotopic (exact) mass is 418 g/mol. The summed E-state index contributed by atoms with van der Waals surface area (Å²) in [6.07, 6.45) is 9.30.